The Kier molecular flexibility index (Phi) is 5.39. The number of anilines is 1. The number of likely N-dealkylation sites (tertiary alicyclic amines) is 1. The Bertz CT molecular complexity index is 629. The quantitative estimate of drug-likeness (QED) is 0.876. The van der Waals surface area contributed by atoms with Crippen molar-refractivity contribution in [1.82, 2.24) is 15.1 Å². The highest BCUT2D eigenvalue weighted by molar-refractivity contribution is 6.30. The lowest BCUT2D eigenvalue weighted by atomic mass is 10.1. The third kappa shape index (κ3) is 3.85. The van der Waals surface area contributed by atoms with Crippen LogP contribution in [0.5, 0.6) is 0 Å². The first kappa shape index (κ1) is 18.1. The third-order valence-electron chi connectivity index (χ3n) is 6.16. The first-order valence-corrected chi connectivity index (χ1v) is 10.2. The summed E-state index contributed by atoms with van der Waals surface area (Å²) < 4.78 is 0. The van der Waals surface area contributed by atoms with Crippen molar-refractivity contribution in [3.8, 4) is 0 Å². The molecule has 4 rings (SSSR count). The summed E-state index contributed by atoms with van der Waals surface area (Å²) in [5.74, 6) is 0.966. The summed E-state index contributed by atoms with van der Waals surface area (Å²) in [5, 5.41) is 4.27. The number of hydrogen-bond donors (Lipinski definition) is 1. The number of amides is 1. The van der Waals surface area contributed by atoms with E-state index in [1.807, 2.05) is 12.1 Å². The first-order valence-electron chi connectivity index (χ1n) is 9.87. The number of carbonyl (C=O) groups excluding carboxylic acids is 1. The fourth-order valence-corrected chi connectivity index (χ4v) is 4.66. The molecule has 5 nitrogen and oxygen atoms in total. The first-order chi connectivity index (χ1) is 12.6. The number of halogens is 1. The summed E-state index contributed by atoms with van der Waals surface area (Å²) in [6, 6.07) is 8.61. The van der Waals surface area contributed by atoms with Gasteiger partial charge >= 0.3 is 0 Å². The Morgan fingerprint density at radius 3 is 2.50 bits per heavy atom. The predicted octanol–water partition coefficient (Wildman–Crippen LogP) is 2.06. The lowest BCUT2D eigenvalue weighted by molar-refractivity contribution is -0.132. The molecule has 3 atom stereocenters. The maximum Gasteiger partial charge on any atom is 0.239 e. The van der Waals surface area contributed by atoms with Crippen molar-refractivity contribution in [3.63, 3.8) is 0 Å². The molecule has 0 aromatic heterocycles. The van der Waals surface area contributed by atoms with Gasteiger partial charge in [0.05, 0.1) is 6.04 Å². The Labute approximate surface area is 161 Å². The van der Waals surface area contributed by atoms with Crippen molar-refractivity contribution in [2.75, 3.05) is 50.7 Å². The van der Waals surface area contributed by atoms with Crippen LogP contribution < -0.4 is 10.2 Å². The molecule has 0 bridgehead atoms. The number of benzene rings is 1. The minimum absolute atomic E-state index is 0.0135. The molecule has 0 saturated carbocycles. The molecule has 0 spiro atoms. The van der Waals surface area contributed by atoms with E-state index in [0.717, 1.165) is 63.7 Å². The Morgan fingerprint density at radius 1 is 1.12 bits per heavy atom. The highest BCUT2D eigenvalue weighted by Gasteiger charge is 2.37. The largest absolute Gasteiger partial charge is 0.369 e. The molecule has 3 aliphatic rings. The lowest BCUT2D eigenvalue weighted by Crippen LogP contribution is -2.51. The van der Waals surface area contributed by atoms with Gasteiger partial charge in [-0.05, 0) is 43.0 Å². The van der Waals surface area contributed by atoms with E-state index in [-0.39, 0.29) is 6.04 Å². The molecule has 3 saturated heterocycles. The van der Waals surface area contributed by atoms with Gasteiger partial charge in [0.1, 0.15) is 0 Å². The van der Waals surface area contributed by atoms with Crippen LogP contribution >= 0.6 is 11.6 Å². The lowest BCUT2D eigenvalue weighted by Gasteiger charge is -2.39. The number of carbonyl (C=O) groups is 1. The van der Waals surface area contributed by atoms with Crippen molar-refractivity contribution in [1.29, 1.82) is 0 Å². The van der Waals surface area contributed by atoms with Gasteiger partial charge in [-0.25, -0.2) is 0 Å². The Balaban J connectivity index is 1.27. The maximum absolute atomic E-state index is 12.7. The molecule has 26 heavy (non-hydrogen) atoms. The molecule has 1 N–H and O–H groups in total. The van der Waals surface area contributed by atoms with Crippen molar-refractivity contribution in [2.24, 2.45) is 5.92 Å². The van der Waals surface area contributed by atoms with Gasteiger partial charge < -0.3 is 15.1 Å². The monoisotopic (exact) mass is 376 g/mol. The topological polar surface area (TPSA) is 38.8 Å². The summed E-state index contributed by atoms with van der Waals surface area (Å²) in [7, 11) is 0. The molecule has 3 heterocycles. The summed E-state index contributed by atoms with van der Waals surface area (Å²) in [5.41, 5.74) is 1.25. The van der Waals surface area contributed by atoms with Gasteiger partial charge in [0.15, 0.2) is 0 Å². The molecule has 3 aliphatic heterocycles. The number of rotatable bonds is 3. The van der Waals surface area contributed by atoms with Crippen LogP contribution in [0.1, 0.15) is 19.8 Å². The van der Waals surface area contributed by atoms with Crippen LogP contribution in [0.25, 0.3) is 0 Å². The number of nitrogens with one attached hydrogen (secondary N) is 1. The van der Waals surface area contributed by atoms with E-state index >= 15 is 0 Å². The van der Waals surface area contributed by atoms with Crippen LogP contribution in [0.2, 0.25) is 5.02 Å². The fourth-order valence-electron chi connectivity index (χ4n) is 4.54. The van der Waals surface area contributed by atoms with E-state index in [2.05, 4.69) is 39.1 Å². The SMILES string of the molecule is CC1CCN(C(=O)[C@@H]2C[C@H](N3CCN(c4ccc(Cl)cc4)CC3)CN2)C1. The molecule has 1 aromatic rings. The number of piperazine rings is 1. The van der Waals surface area contributed by atoms with Gasteiger partial charge in [0.2, 0.25) is 5.91 Å². The van der Waals surface area contributed by atoms with E-state index in [1.165, 1.54) is 5.69 Å². The molecule has 6 heteroatoms. The van der Waals surface area contributed by atoms with E-state index in [4.69, 9.17) is 11.6 Å². The predicted molar refractivity (Wildman–Crippen MR) is 106 cm³/mol. The zero-order valence-electron chi connectivity index (χ0n) is 15.5. The molecule has 1 unspecified atom stereocenters. The van der Waals surface area contributed by atoms with Crippen molar-refractivity contribution in [2.45, 2.75) is 31.8 Å². The Hall–Kier alpha value is -1.30. The molecule has 142 valence electrons. The highest BCUT2D eigenvalue weighted by Crippen LogP contribution is 2.23. The average molecular weight is 377 g/mol. The number of nitrogens with zero attached hydrogens (tertiary/aromatic N) is 3. The number of hydrogen-bond acceptors (Lipinski definition) is 4. The zero-order chi connectivity index (χ0) is 18.1. The van der Waals surface area contributed by atoms with Gasteiger partial charge in [-0.15, -0.1) is 0 Å². The maximum atomic E-state index is 12.7. The van der Waals surface area contributed by atoms with Gasteiger partial charge in [-0.2, -0.15) is 0 Å². The van der Waals surface area contributed by atoms with Gasteiger partial charge in [-0.3, -0.25) is 9.69 Å². The third-order valence-corrected chi connectivity index (χ3v) is 6.42. The van der Waals surface area contributed by atoms with Crippen molar-refractivity contribution >= 4 is 23.2 Å². The van der Waals surface area contributed by atoms with Gasteiger partial charge in [-0.1, -0.05) is 18.5 Å². The highest BCUT2D eigenvalue weighted by atomic mass is 35.5. The summed E-state index contributed by atoms with van der Waals surface area (Å²) in [6.45, 7) is 9.19. The second kappa shape index (κ2) is 7.75. The molecule has 1 amide bonds. The van der Waals surface area contributed by atoms with Gasteiger partial charge in [0, 0.05) is 62.6 Å². The fraction of sp³-hybridized carbons (Fsp3) is 0.650. The van der Waals surface area contributed by atoms with Crippen LogP contribution in [0.15, 0.2) is 24.3 Å². The van der Waals surface area contributed by atoms with Crippen LogP contribution in [-0.4, -0.2) is 73.6 Å². The summed E-state index contributed by atoms with van der Waals surface area (Å²) >= 11 is 5.99. The van der Waals surface area contributed by atoms with E-state index in [1.54, 1.807) is 0 Å². The van der Waals surface area contributed by atoms with E-state index in [9.17, 15) is 4.79 Å². The molecule has 3 fully saturated rings. The normalized spacial score (nSPS) is 30.2. The van der Waals surface area contributed by atoms with Crippen molar-refractivity contribution in [3.05, 3.63) is 29.3 Å². The van der Waals surface area contributed by atoms with Crippen LogP contribution in [0.3, 0.4) is 0 Å². The van der Waals surface area contributed by atoms with Crippen molar-refractivity contribution < 1.29 is 4.79 Å². The molecule has 0 radical (unpaired) electrons. The molecule has 0 aliphatic carbocycles. The second-order valence-corrected chi connectivity index (χ2v) is 8.46. The molecule has 1 aromatic carbocycles. The minimum atomic E-state index is 0.0135. The van der Waals surface area contributed by atoms with Crippen LogP contribution in [0.4, 0.5) is 5.69 Å². The second-order valence-electron chi connectivity index (χ2n) is 8.03. The van der Waals surface area contributed by atoms with Crippen LogP contribution in [0, 0.1) is 5.92 Å². The van der Waals surface area contributed by atoms with Crippen LogP contribution in [-0.2, 0) is 4.79 Å². The zero-order valence-corrected chi connectivity index (χ0v) is 16.3. The van der Waals surface area contributed by atoms with E-state index < -0.39 is 0 Å². The van der Waals surface area contributed by atoms with E-state index in [0.29, 0.717) is 17.9 Å². The standard InChI is InChI=1S/C20H29ClN4O/c1-15-6-7-25(14-15)20(26)19-12-18(13-22-19)24-10-8-23(9-11-24)17-4-2-16(21)3-5-17/h2-5,15,18-19,22H,6-14H2,1H3/t15?,18-,19-/m0/s1. The molecular weight excluding hydrogens is 348 g/mol. The molecular formula is C20H29ClN4O. The Morgan fingerprint density at radius 2 is 1.85 bits per heavy atom. The summed E-state index contributed by atoms with van der Waals surface area (Å²) in [4.78, 5) is 19.7. The smallest absolute Gasteiger partial charge is 0.239 e. The van der Waals surface area contributed by atoms with Gasteiger partial charge in [0.25, 0.3) is 0 Å². The summed E-state index contributed by atoms with van der Waals surface area (Å²) in [6.07, 6.45) is 2.10. The minimum Gasteiger partial charge on any atom is -0.369 e. The average Bonchev–Trinajstić information content (AvgIpc) is 3.31.